The average Bonchev–Trinajstić information content (AvgIpc) is 3.29. The molecule has 0 radical (unpaired) electrons. The lowest BCUT2D eigenvalue weighted by Gasteiger charge is -2.33. The second-order valence-corrected chi connectivity index (χ2v) is 19.6. The molecule has 394 valence electrons. The topological polar surface area (TPSA) is 253 Å². The van der Waals surface area contributed by atoms with Crippen LogP contribution >= 0.6 is 11.6 Å². The number of carbonyl (C=O) groups is 8. The molecule has 6 amide bonds. The minimum absolute atomic E-state index is 0.00275. The van der Waals surface area contributed by atoms with Gasteiger partial charge in [0, 0.05) is 38.1 Å². The molecule has 1 rings (SSSR count). The van der Waals surface area contributed by atoms with Gasteiger partial charge in [0.1, 0.15) is 36.4 Å². The number of carbonyl (C=O) groups excluding carboxylic acids is 8. The molecule has 0 saturated heterocycles. The third kappa shape index (κ3) is 20.8. The van der Waals surface area contributed by atoms with Crippen molar-refractivity contribution < 1.29 is 57.7 Å². The highest BCUT2D eigenvalue weighted by Gasteiger charge is 2.38. The first kappa shape index (κ1) is 62.5. The molecule has 70 heavy (non-hydrogen) atoms. The number of primary amides is 1. The zero-order valence-corrected chi connectivity index (χ0v) is 44.5. The summed E-state index contributed by atoms with van der Waals surface area (Å²) in [7, 11) is 2.79. The van der Waals surface area contributed by atoms with E-state index in [1.54, 1.807) is 84.9 Å². The van der Waals surface area contributed by atoms with Gasteiger partial charge in [-0.2, -0.15) is 0 Å². The van der Waals surface area contributed by atoms with Gasteiger partial charge in [-0.15, -0.1) is 0 Å². The number of aliphatic hydroxyl groups is 1. The molecule has 0 aliphatic carbocycles. The second-order valence-electron chi connectivity index (χ2n) is 19.1. The molecule has 0 spiro atoms. The fourth-order valence-corrected chi connectivity index (χ4v) is 7.30. The van der Waals surface area contributed by atoms with Gasteiger partial charge in [-0.3, -0.25) is 28.8 Å². The van der Waals surface area contributed by atoms with Gasteiger partial charge in [-0.25, -0.2) is 9.59 Å². The van der Waals surface area contributed by atoms with Gasteiger partial charge in [0.2, 0.25) is 23.6 Å². The zero-order chi connectivity index (χ0) is 53.6. The normalized spacial score (nSPS) is 15.8. The average molecular weight is 1010 g/mol. The molecule has 0 aromatic heterocycles. The van der Waals surface area contributed by atoms with Crippen LogP contribution in [-0.2, 0) is 54.2 Å². The smallest absolute Gasteiger partial charge is 0.404 e. The minimum atomic E-state index is -1.22. The lowest BCUT2D eigenvalue weighted by atomic mass is 9.92. The van der Waals surface area contributed by atoms with Gasteiger partial charge in [0.25, 0.3) is 5.91 Å². The van der Waals surface area contributed by atoms with Gasteiger partial charge in [-0.1, -0.05) is 83.0 Å². The fraction of sp³-hybridized carbons (Fsp3) is 0.647. The Morgan fingerprint density at radius 1 is 0.843 bits per heavy atom. The van der Waals surface area contributed by atoms with Crippen LogP contribution in [0.15, 0.2) is 48.1 Å². The number of ether oxygens (including phenoxy) is 3. The number of esters is 2. The number of benzene rings is 1. The van der Waals surface area contributed by atoms with E-state index in [2.05, 4.69) is 16.0 Å². The van der Waals surface area contributed by atoms with Crippen molar-refractivity contribution in [2.75, 3.05) is 27.2 Å². The van der Waals surface area contributed by atoms with Crippen LogP contribution in [0.25, 0.3) is 0 Å². The maximum atomic E-state index is 14.3. The molecule has 0 fully saturated rings. The zero-order valence-electron chi connectivity index (χ0n) is 43.8. The molecule has 0 aliphatic heterocycles. The number of unbranched alkanes of at least 4 members (excludes halogenated alkanes) is 2. The van der Waals surface area contributed by atoms with Crippen LogP contribution in [0.3, 0.4) is 0 Å². The third-order valence-corrected chi connectivity index (χ3v) is 12.4. The molecular formula is C51H81ClN6O12. The summed E-state index contributed by atoms with van der Waals surface area (Å²) in [6, 6.07) is 2.00. The van der Waals surface area contributed by atoms with Crippen LogP contribution in [0.1, 0.15) is 121 Å². The van der Waals surface area contributed by atoms with Crippen LogP contribution in [0.2, 0.25) is 5.02 Å². The molecule has 0 heterocycles. The largest absolute Gasteiger partial charge is 0.456 e. The van der Waals surface area contributed by atoms with E-state index in [0.717, 1.165) is 11.3 Å². The van der Waals surface area contributed by atoms with E-state index in [1.165, 1.54) is 32.8 Å². The molecule has 1 aromatic rings. The van der Waals surface area contributed by atoms with Crippen molar-refractivity contribution in [3.8, 4) is 0 Å². The van der Waals surface area contributed by atoms with Crippen molar-refractivity contribution >= 4 is 59.2 Å². The van der Waals surface area contributed by atoms with Crippen LogP contribution in [0.4, 0.5) is 4.79 Å². The summed E-state index contributed by atoms with van der Waals surface area (Å²) in [6.45, 7) is 19.9. The van der Waals surface area contributed by atoms with Crippen molar-refractivity contribution in [3.63, 3.8) is 0 Å². The van der Waals surface area contributed by atoms with Crippen molar-refractivity contribution in [1.29, 1.82) is 0 Å². The summed E-state index contributed by atoms with van der Waals surface area (Å²) < 4.78 is 16.7. The number of nitrogens with zero attached hydrogens (tertiary/aromatic N) is 2. The Bertz CT molecular complexity index is 1970. The van der Waals surface area contributed by atoms with E-state index in [9.17, 15) is 38.4 Å². The summed E-state index contributed by atoms with van der Waals surface area (Å²) >= 11 is 6.15. The van der Waals surface area contributed by atoms with Gasteiger partial charge < -0.3 is 50.8 Å². The van der Waals surface area contributed by atoms with Crippen LogP contribution in [-0.4, -0.2) is 132 Å². The summed E-state index contributed by atoms with van der Waals surface area (Å²) in [5, 5.41) is 17.5. The van der Waals surface area contributed by atoms with E-state index in [0.29, 0.717) is 35.4 Å². The van der Waals surface area contributed by atoms with Crippen molar-refractivity contribution in [1.82, 2.24) is 25.8 Å². The number of aliphatic hydroxyl groups excluding tert-OH is 1. The number of nitrogens with one attached hydrogen (secondary N) is 3. The Morgan fingerprint density at radius 2 is 1.44 bits per heavy atom. The molecule has 0 bridgehead atoms. The van der Waals surface area contributed by atoms with Crippen LogP contribution in [0.5, 0.6) is 0 Å². The Morgan fingerprint density at radius 3 is 1.99 bits per heavy atom. The Labute approximate surface area is 420 Å². The number of rotatable bonds is 29. The maximum absolute atomic E-state index is 14.3. The van der Waals surface area contributed by atoms with Gasteiger partial charge in [0.05, 0.1) is 12.0 Å². The quantitative estimate of drug-likeness (QED) is 0.0293. The molecule has 1 aromatic carbocycles. The summed E-state index contributed by atoms with van der Waals surface area (Å²) in [5.41, 5.74) is 5.46. The number of likely N-dealkylation sites (N-methyl/N-ethyl adjacent to an activating group) is 2. The molecule has 6 N–H and O–H groups in total. The van der Waals surface area contributed by atoms with Gasteiger partial charge in [-0.05, 0) is 109 Å². The monoisotopic (exact) mass is 1000 g/mol. The number of hydrogen-bond donors (Lipinski definition) is 5. The molecule has 19 heteroatoms. The second kappa shape index (κ2) is 30.3. The summed E-state index contributed by atoms with van der Waals surface area (Å²) in [6.07, 6.45) is 4.23. The first-order chi connectivity index (χ1) is 32.6. The van der Waals surface area contributed by atoms with Crippen LogP contribution in [0, 0.1) is 23.2 Å². The number of halogens is 1. The molecule has 0 aliphatic rings. The first-order valence-electron chi connectivity index (χ1n) is 24.1. The Kier molecular flexibility index (Phi) is 27.1. The fourth-order valence-electron chi connectivity index (χ4n) is 7.17. The van der Waals surface area contributed by atoms with E-state index in [-0.39, 0.29) is 25.4 Å². The van der Waals surface area contributed by atoms with Crippen LogP contribution < -0.4 is 21.7 Å². The van der Waals surface area contributed by atoms with E-state index in [1.807, 2.05) is 26.8 Å². The standard InChI is InChI=1S/C51H81ClN6O12/c1-15-31(5)42(45(62)55-35(9)48(65)70-43(32(6)16-2)33(7)36(10)68-50(53)67)56-41(60)29-57(13)47(64)39(28-37-21-23-38(52)24-22-37)58(14)46(63)34(8)54-44(61)40(27-30(3)4)69-49(66)51(11,12)25-19-17-18-20-26-59/h16,19,21-25,30-31,33-36,39-40,42-43,59H,15,17-18,20,26-29H2,1-14H3,(H2,53,67)(H,54,61)(H,55,62)(H,56,60)/b25-19-,32-16+/t31?,33-,34-,35+,36-,39+,40+,42?,43+/m0/s1. The lowest BCUT2D eigenvalue weighted by molar-refractivity contribution is -0.163. The third-order valence-electron chi connectivity index (χ3n) is 12.2. The highest BCUT2D eigenvalue weighted by molar-refractivity contribution is 6.30. The predicted molar refractivity (Wildman–Crippen MR) is 268 cm³/mol. The number of nitrogens with two attached hydrogens (primary N) is 1. The Hall–Kier alpha value is -5.49. The lowest BCUT2D eigenvalue weighted by Crippen LogP contribution is -2.57. The van der Waals surface area contributed by atoms with Gasteiger partial charge in [0.15, 0.2) is 6.10 Å². The first-order valence-corrected chi connectivity index (χ1v) is 24.4. The SMILES string of the molecule is C/C=C(\C)[C@@H](OC(=O)[C@@H](C)NC(=O)C(NC(=O)CN(C)C(=O)[C@@H](Cc1ccc(Cl)cc1)N(C)C(=O)[C@H](C)NC(=O)[C@@H](CC(C)C)OC(=O)C(C)(C)/C=C\CCCCO)C(C)CC)[C@@H](C)[C@H](C)OC(N)=O. The van der Waals surface area contributed by atoms with Gasteiger partial charge >= 0.3 is 18.0 Å². The van der Waals surface area contributed by atoms with E-state index in [4.69, 9.17) is 36.7 Å². The summed E-state index contributed by atoms with van der Waals surface area (Å²) in [5.74, 6) is -5.71. The molecule has 9 atom stereocenters. The van der Waals surface area contributed by atoms with E-state index < -0.39 is 114 Å². The van der Waals surface area contributed by atoms with Crippen molar-refractivity contribution in [3.05, 3.63) is 58.7 Å². The van der Waals surface area contributed by atoms with Crippen molar-refractivity contribution in [2.24, 2.45) is 28.9 Å². The molecular weight excluding hydrogens is 924 g/mol. The number of allylic oxidation sites excluding steroid dienone is 2. The summed E-state index contributed by atoms with van der Waals surface area (Å²) in [4.78, 5) is 110. The number of amides is 6. The minimum Gasteiger partial charge on any atom is -0.456 e. The molecule has 0 saturated carbocycles. The van der Waals surface area contributed by atoms with Crippen molar-refractivity contribution in [2.45, 2.75) is 164 Å². The number of hydrogen-bond acceptors (Lipinski definition) is 12. The van der Waals surface area contributed by atoms with E-state index >= 15 is 0 Å². The molecule has 2 unspecified atom stereocenters. The highest BCUT2D eigenvalue weighted by atomic mass is 35.5. The predicted octanol–water partition coefficient (Wildman–Crippen LogP) is 5.41. The Balaban J connectivity index is 3.29. The molecule has 18 nitrogen and oxygen atoms in total. The maximum Gasteiger partial charge on any atom is 0.404 e. The highest BCUT2D eigenvalue weighted by Crippen LogP contribution is 2.25.